The number of hydrogen-bond acceptors (Lipinski definition) is 1. The Morgan fingerprint density at radius 3 is 2.39 bits per heavy atom. The van der Waals surface area contributed by atoms with E-state index in [-0.39, 0.29) is 5.56 Å². The lowest BCUT2D eigenvalue weighted by Gasteiger charge is -2.30. The van der Waals surface area contributed by atoms with Crippen LogP contribution in [0.15, 0.2) is 29.1 Å². The molecule has 0 radical (unpaired) electrons. The maximum absolute atomic E-state index is 12.0. The highest BCUT2D eigenvalue weighted by Crippen LogP contribution is 2.34. The maximum atomic E-state index is 12.0. The van der Waals surface area contributed by atoms with E-state index in [9.17, 15) is 4.79 Å². The molecule has 1 saturated heterocycles. The molecule has 3 rings (SSSR count). The van der Waals surface area contributed by atoms with Gasteiger partial charge in [-0.05, 0) is 19.1 Å². The molecule has 1 aliphatic rings. The number of H-pyrrole nitrogens is 1. The summed E-state index contributed by atoms with van der Waals surface area (Å²) in [6.07, 6.45) is 2.53. The van der Waals surface area contributed by atoms with Gasteiger partial charge in [0.2, 0.25) is 0 Å². The van der Waals surface area contributed by atoms with Gasteiger partial charge in [0, 0.05) is 12.8 Å². The van der Waals surface area contributed by atoms with Crippen LogP contribution in [-0.4, -0.2) is 25.1 Å². The second-order valence-corrected chi connectivity index (χ2v) is 5.52. The Bertz CT molecular complexity index is 651. The first-order valence-electron chi connectivity index (χ1n) is 6.58. The number of pyridine rings is 1. The van der Waals surface area contributed by atoms with Crippen molar-refractivity contribution in [3.8, 4) is 0 Å². The van der Waals surface area contributed by atoms with Gasteiger partial charge in [0.1, 0.15) is 0 Å². The summed E-state index contributed by atoms with van der Waals surface area (Å²) in [6.45, 7) is 4.35. The predicted molar refractivity (Wildman–Crippen MR) is 76.0 cm³/mol. The lowest BCUT2D eigenvalue weighted by molar-refractivity contribution is 0.406. The molecule has 0 spiro atoms. The third-order valence-electron chi connectivity index (χ3n) is 4.18. The zero-order valence-electron chi connectivity index (χ0n) is 11.0. The molecule has 1 aliphatic heterocycles. The zero-order valence-corrected chi connectivity index (χ0v) is 11.0. The fourth-order valence-electron chi connectivity index (χ4n) is 3.34. The van der Waals surface area contributed by atoms with Crippen LogP contribution in [0.25, 0.3) is 10.8 Å². The van der Waals surface area contributed by atoms with Gasteiger partial charge in [-0.3, -0.25) is 9.28 Å². The largest absolute Gasteiger partial charge is 0.321 e. The summed E-state index contributed by atoms with van der Waals surface area (Å²) in [5.41, 5.74) is 2.34. The van der Waals surface area contributed by atoms with E-state index in [4.69, 9.17) is 0 Å². The number of aromatic nitrogens is 1. The SMILES string of the molecule is Cc1[nH]c(=O)c2ccccc2c1[N+]1(C)CCCC1. The minimum Gasteiger partial charge on any atom is -0.321 e. The highest BCUT2D eigenvalue weighted by molar-refractivity contribution is 5.93. The van der Waals surface area contributed by atoms with Crippen molar-refractivity contribution in [1.82, 2.24) is 9.47 Å². The van der Waals surface area contributed by atoms with Crippen LogP contribution in [0, 0.1) is 6.92 Å². The van der Waals surface area contributed by atoms with E-state index in [0.29, 0.717) is 0 Å². The van der Waals surface area contributed by atoms with Crippen LogP contribution < -0.4 is 10.0 Å². The van der Waals surface area contributed by atoms with Crippen LogP contribution in [0.1, 0.15) is 18.5 Å². The number of hydrogen-bond donors (Lipinski definition) is 1. The smallest absolute Gasteiger partial charge is 0.256 e. The number of quaternary nitrogens is 1. The van der Waals surface area contributed by atoms with Gasteiger partial charge in [-0.1, -0.05) is 12.1 Å². The van der Waals surface area contributed by atoms with Crippen molar-refractivity contribution < 1.29 is 0 Å². The quantitative estimate of drug-likeness (QED) is 0.767. The molecule has 3 nitrogen and oxygen atoms in total. The Balaban J connectivity index is 2.38. The molecule has 2 aromatic rings. The van der Waals surface area contributed by atoms with E-state index in [1.807, 2.05) is 25.1 Å². The normalized spacial score (nSPS) is 18.3. The molecule has 1 N–H and O–H groups in total. The van der Waals surface area contributed by atoms with Gasteiger partial charge < -0.3 is 4.98 Å². The van der Waals surface area contributed by atoms with Crippen LogP contribution in [0.3, 0.4) is 0 Å². The molecule has 94 valence electrons. The lowest BCUT2D eigenvalue weighted by Crippen LogP contribution is -2.43. The summed E-state index contributed by atoms with van der Waals surface area (Å²) in [5.74, 6) is 0. The standard InChI is InChI=1S/C15H18N2O/c1-11-14(17(2)9-5-6-10-17)12-7-3-4-8-13(12)15(18)16-11/h3-4,7-8H,5-6,9-10H2,1-2H3/p+1. The van der Waals surface area contributed by atoms with Crippen molar-refractivity contribution in [1.29, 1.82) is 0 Å². The summed E-state index contributed by atoms with van der Waals surface area (Å²) in [4.78, 5) is 15.0. The number of rotatable bonds is 1. The number of nitrogens with one attached hydrogen (secondary N) is 1. The van der Waals surface area contributed by atoms with E-state index < -0.39 is 0 Å². The summed E-state index contributed by atoms with van der Waals surface area (Å²) in [5, 5.41) is 1.92. The van der Waals surface area contributed by atoms with E-state index >= 15 is 0 Å². The molecular weight excluding hydrogens is 224 g/mol. The van der Waals surface area contributed by atoms with E-state index in [1.54, 1.807) is 0 Å². The molecular formula is C15H19N2O+. The molecule has 0 aliphatic carbocycles. The molecule has 0 bridgehead atoms. The Morgan fingerprint density at radius 2 is 1.72 bits per heavy atom. The number of nitrogens with zero attached hydrogens (tertiary/aromatic N) is 1. The third-order valence-corrected chi connectivity index (χ3v) is 4.18. The van der Waals surface area contributed by atoms with Crippen LogP contribution in [0.2, 0.25) is 0 Å². The summed E-state index contributed by atoms with van der Waals surface area (Å²) < 4.78 is 0.948. The second-order valence-electron chi connectivity index (χ2n) is 5.52. The van der Waals surface area contributed by atoms with Gasteiger partial charge >= 0.3 is 0 Å². The van der Waals surface area contributed by atoms with E-state index in [1.165, 1.54) is 18.5 Å². The molecule has 0 amide bonds. The van der Waals surface area contributed by atoms with Crippen LogP contribution in [0.5, 0.6) is 0 Å². The topological polar surface area (TPSA) is 32.9 Å². The number of likely N-dealkylation sites (tertiary alicyclic amines) is 1. The number of aryl methyl sites for hydroxylation is 1. The fraction of sp³-hybridized carbons (Fsp3) is 0.400. The summed E-state index contributed by atoms with van der Waals surface area (Å²) >= 11 is 0. The zero-order chi connectivity index (χ0) is 12.8. The third kappa shape index (κ3) is 1.58. The highest BCUT2D eigenvalue weighted by Gasteiger charge is 2.33. The Morgan fingerprint density at radius 1 is 1.11 bits per heavy atom. The van der Waals surface area contributed by atoms with Crippen LogP contribution >= 0.6 is 0 Å². The van der Waals surface area contributed by atoms with Crippen molar-refractivity contribution in [2.24, 2.45) is 0 Å². The Hall–Kier alpha value is -1.61. The average Bonchev–Trinajstić information content (AvgIpc) is 2.77. The number of benzene rings is 1. The second kappa shape index (κ2) is 3.95. The van der Waals surface area contributed by atoms with Gasteiger partial charge in [0.25, 0.3) is 5.56 Å². The molecule has 0 unspecified atom stereocenters. The number of fused-ring (bicyclic) bond motifs is 1. The van der Waals surface area contributed by atoms with Crippen molar-refractivity contribution in [2.45, 2.75) is 19.8 Å². The average molecular weight is 243 g/mol. The summed E-state index contributed by atoms with van der Waals surface area (Å²) in [7, 11) is 2.28. The van der Waals surface area contributed by atoms with Gasteiger partial charge in [-0.15, -0.1) is 0 Å². The molecule has 0 saturated carbocycles. The maximum Gasteiger partial charge on any atom is 0.256 e. The minimum atomic E-state index is 0.0256. The number of aromatic amines is 1. The molecule has 1 fully saturated rings. The van der Waals surface area contributed by atoms with Crippen LogP contribution in [0.4, 0.5) is 5.69 Å². The molecule has 18 heavy (non-hydrogen) atoms. The highest BCUT2D eigenvalue weighted by atomic mass is 16.1. The minimum absolute atomic E-state index is 0.0256. The lowest BCUT2D eigenvalue weighted by atomic mass is 10.1. The first-order chi connectivity index (χ1) is 8.62. The van der Waals surface area contributed by atoms with Gasteiger partial charge in [0.15, 0.2) is 5.69 Å². The Labute approximate surface area is 107 Å². The van der Waals surface area contributed by atoms with Crippen molar-refractivity contribution >= 4 is 16.5 Å². The van der Waals surface area contributed by atoms with Crippen molar-refractivity contribution in [2.75, 3.05) is 20.1 Å². The van der Waals surface area contributed by atoms with E-state index in [2.05, 4.69) is 18.1 Å². The first kappa shape index (κ1) is 11.5. The van der Waals surface area contributed by atoms with Crippen molar-refractivity contribution in [3.63, 3.8) is 0 Å². The Kier molecular flexibility index (Phi) is 2.52. The van der Waals surface area contributed by atoms with E-state index in [0.717, 1.165) is 34.0 Å². The first-order valence-corrected chi connectivity index (χ1v) is 6.58. The van der Waals surface area contributed by atoms with Crippen LogP contribution in [-0.2, 0) is 0 Å². The molecule has 2 heterocycles. The predicted octanol–water partition coefficient (Wildman–Crippen LogP) is 2.57. The molecule has 1 aromatic carbocycles. The molecule has 3 heteroatoms. The monoisotopic (exact) mass is 243 g/mol. The van der Waals surface area contributed by atoms with Crippen molar-refractivity contribution in [3.05, 3.63) is 40.3 Å². The fourth-order valence-corrected chi connectivity index (χ4v) is 3.34. The van der Waals surface area contributed by atoms with Gasteiger partial charge in [-0.2, -0.15) is 0 Å². The molecule has 0 atom stereocenters. The van der Waals surface area contributed by atoms with Gasteiger partial charge in [0.05, 0.1) is 36.6 Å². The summed E-state index contributed by atoms with van der Waals surface area (Å²) in [6, 6.07) is 7.95. The molecule has 1 aromatic heterocycles. The van der Waals surface area contributed by atoms with Gasteiger partial charge in [-0.25, -0.2) is 0 Å².